The van der Waals surface area contributed by atoms with Gasteiger partial charge in [0.1, 0.15) is 17.1 Å². The third-order valence-electron chi connectivity index (χ3n) is 3.55. The molecular formula is C17H14Cl2N2O7. The first-order valence-electron chi connectivity index (χ1n) is 7.61. The summed E-state index contributed by atoms with van der Waals surface area (Å²) in [6, 6.07) is 6.80. The van der Waals surface area contributed by atoms with E-state index in [1.807, 2.05) is 0 Å². The van der Waals surface area contributed by atoms with Crippen LogP contribution in [-0.2, 0) is 14.3 Å². The number of hydrogen-bond acceptors (Lipinski definition) is 8. The van der Waals surface area contributed by atoms with Gasteiger partial charge >= 0.3 is 5.97 Å². The Morgan fingerprint density at radius 1 is 1.29 bits per heavy atom. The minimum atomic E-state index is -0.764. The second-order valence-electron chi connectivity index (χ2n) is 5.29. The van der Waals surface area contributed by atoms with Gasteiger partial charge in [-0.2, -0.15) is 0 Å². The lowest BCUT2D eigenvalue weighted by Gasteiger charge is -2.12. The molecule has 0 aromatic heterocycles. The average Bonchev–Trinajstić information content (AvgIpc) is 2.68. The van der Waals surface area contributed by atoms with Crippen LogP contribution >= 0.6 is 23.2 Å². The number of hydrogen-bond donors (Lipinski definition) is 1. The van der Waals surface area contributed by atoms with Crippen molar-refractivity contribution < 1.29 is 29.1 Å². The number of ether oxygens (including phenoxy) is 3. The van der Waals surface area contributed by atoms with Crippen LogP contribution in [-0.4, -0.2) is 35.7 Å². The average molecular weight is 429 g/mol. The van der Waals surface area contributed by atoms with Crippen LogP contribution in [0.3, 0.4) is 0 Å². The van der Waals surface area contributed by atoms with Crippen molar-refractivity contribution in [2.24, 2.45) is 5.16 Å². The summed E-state index contributed by atoms with van der Waals surface area (Å²) in [7, 11) is 1.14. The van der Waals surface area contributed by atoms with Gasteiger partial charge in [-0.05, 0) is 35.8 Å². The fourth-order valence-electron chi connectivity index (χ4n) is 2.10. The molecule has 0 fully saturated rings. The van der Waals surface area contributed by atoms with E-state index in [0.29, 0.717) is 10.6 Å². The molecule has 2 rings (SSSR count). The first-order valence-corrected chi connectivity index (χ1v) is 8.37. The Morgan fingerprint density at radius 3 is 2.61 bits per heavy atom. The number of carbonyl (C=O) groups excluding carboxylic acids is 1. The van der Waals surface area contributed by atoms with Crippen molar-refractivity contribution >= 4 is 40.8 Å². The van der Waals surface area contributed by atoms with Gasteiger partial charge < -0.3 is 19.4 Å². The molecular weight excluding hydrogens is 415 g/mol. The Kier molecular flexibility index (Phi) is 7.02. The zero-order valence-corrected chi connectivity index (χ0v) is 16.2. The van der Waals surface area contributed by atoms with Gasteiger partial charge in [0, 0.05) is 17.2 Å². The van der Waals surface area contributed by atoms with E-state index in [-0.39, 0.29) is 22.1 Å². The van der Waals surface area contributed by atoms with Crippen molar-refractivity contribution in [1.82, 2.24) is 0 Å². The van der Waals surface area contributed by atoms with Gasteiger partial charge in [-0.15, -0.1) is 0 Å². The molecule has 0 bridgehead atoms. The van der Waals surface area contributed by atoms with Gasteiger partial charge in [0.15, 0.2) is 6.61 Å². The van der Waals surface area contributed by atoms with Crippen LogP contribution in [0.25, 0.3) is 0 Å². The highest BCUT2D eigenvalue weighted by Gasteiger charge is 2.23. The number of carbonyl (C=O) groups is 1. The molecule has 0 saturated carbocycles. The first kappa shape index (κ1) is 21.3. The molecule has 0 heterocycles. The number of oxime groups is 1. The van der Waals surface area contributed by atoms with E-state index in [1.165, 1.54) is 18.2 Å². The minimum absolute atomic E-state index is 0.145. The molecule has 9 nitrogen and oxygen atoms in total. The Hall–Kier alpha value is -3.04. The smallest absolute Gasteiger partial charge is 0.343 e. The van der Waals surface area contributed by atoms with E-state index in [2.05, 4.69) is 9.89 Å². The zero-order chi connectivity index (χ0) is 20.8. The molecule has 0 aliphatic carbocycles. The van der Waals surface area contributed by atoms with Crippen LogP contribution in [0.2, 0.25) is 10.0 Å². The van der Waals surface area contributed by atoms with E-state index in [1.54, 1.807) is 13.0 Å². The van der Waals surface area contributed by atoms with Crippen LogP contribution in [0.15, 0.2) is 35.5 Å². The summed E-state index contributed by atoms with van der Waals surface area (Å²) in [4.78, 5) is 21.8. The van der Waals surface area contributed by atoms with Crippen LogP contribution in [0, 0.1) is 17.0 Å². The topological polar surface area (TPSA) is 120 Å². The Morgan fingerprint density at radius 2 is 2.00 bits per heavy atom. The minimum Gasteiger partial charge on any atom is -0.466 e. The maximum absolute atomic E-state index is 11.3. The standard InChI is InChI=1S/C17H14Cl2N2O7/c1-9-12(18)4-6-14(16(9)19)28-10-3-5-13(21(24)25)11(7-10)17(20-23)27-8-15(22)26-2/h3-7,23H,8H2,1-2H3. The van der Waals surface area contributed by atoms with Crippen LogP contribution in [0.4, 0.5) is 5.69 Å². The lowest BCUT2D eigenvalue weighted by Crippen LogP contribution is -2.17. The zero-order valence-electron chi connectivity index (χ0n) is 14.6. The van der Waals surface area contributed by atoms with Gasteiger partial charge in [-0.1, -0.05) is 23.2 Å². The molecule has 0 aliphatic rings. The SMILES string of the molecule is COC(=O)COC(=NO)c1cc(Oc2ccc(Cl)c(C)c2Cl)ccc1[N+](=O)[O-]. The van der Waals surface area contributed by atoms with Crippen LogP contribution in [0.1, 0.15) is 11.1 Å². The van der Waals surface area contributed by atoms with E-state index < -0.39 is 29.1 Å². The fraction of sp³-hybridized carbons (Fsp3) is 0.176. The Balaban J connectivity index is 2.41. The highest BCUT2D eigenvalue weighted by atomic mass is 35.5. The van der Waals surface area contributed by atoms with E-state index in [0.717, 1.165) is 13.2 Å². The molecule has 0 saturated heterocycles. The van der Waals surface area contributed by atoms with E-state index in [9.17, 15) is 20.1 Å². The van der Waals surface area contributed by atoms with Crippen LogP contribution < -0.4 is 4.74 Å². The first-order chi connectivity index (χ1) is 13.3. The number of nitrogens with zero attached hydrogens (tertiary/aromatic N) is 2. The number of methoxy groups -OCH3 is 1. The Labute approximate surface area is 169 Å². The molecule has 0 unspecified atom stereocenters. The van der Waals surface area contributed by atoms with Crippen molar-refractivity contribution in [3.8, 4) is 11.5 Å². The van der Waals surface area contributed by atoms with Crippen molar-refractivity contribution in [2.75, 3.05) is 13.7 Å². The molecule has 0 spiro atoms. The van der Waals surface area contributed by atoms with Crippen molar-refractivity contribution in [3.63, 3.8) is 0 Å². The molecule has 0 aliphatic heterocycles. The summed E-state index contributed by atoms with van der Waals surface area (Å²) in [6.45, 7) is 1.09. The molecule has 0 amide bonds. The Bertz CT molecular complexity index is 947. The molecule has 28 heavy (non-hydrogen) atoms. The largest absolute Gasteiger partial charge is 0.466 e. The maximum Gasteiger partial charge on any atom is 0.343 e. The van der Waals surface area contributed by atoms with Gasteiger partial charge in [-0.3, -0.25) is 10.1 Å². The molecule has 11 heteroatoms. The van der Waals surface area contributed by atoms with Gasteiger partial charge in [0.05, 0.1) is 17.1 Å². The highest BCUT2D eigenvalue weighted by Crippen LogP contribution is 2.36. The van der Waals surface area contributed by atoms with E-state index >= 15 is 0 Å². The molecule has 148 valence electrons. The summed E-state index contributed by atoms with van der Waals surface area (Å²) in [6.07, 6.45) is 0. The van der Waals surface area contributed by atoms with Crippen molar-refractivity contribution in [3.05, 3.63) is 61.6 Å². The third kappa shape index (κ3) is 4.81. The summed E-state index contributed by atoms with van der Waals surface area (Å²) in [5, 5.41) is 24.1. The number of nitro groups is 1. The fourth-order valence-corrected chi connectivity index (χ4v) is 2.51. The third-order valence-corrected chi connectivity index (χ3v) is 4.43. The second kappa shape index (κ2) is 9.25. The molecule has 2 aromatic carbocycles. The molecule has 0 radical (unpaired) electrons. The quantitative estimate of drug-likeness (QED) is 0.181. The predicted molar refractivity (Wildman–Crippen MR) is 101 cm³/mol. The predicted octanol–water partition coefficient (Wildman–Crippen LogP) is 4.33. The maximum atomic E-state index is 11.3. The second-order valence-corrected chi connectivity index (χ2v) is 6.08. The number of benzene rings is 2. The lowest BCUT2D eigenvalue weighted by atomic mass is 10.1. The summed E-state index contributed by atoms with van der Waals surface area (Å²) >= 11 is 12.2. The number of rotatable bonds is 6. The van der Waals surface area contributed by atoms with Crippen LogP contribution in [0.5, 0.6) is 11.5 Å². The van der Waals surface area contributed by atoms with Crippen molar-refractivity contribution in [2.45, 2.75) is 6.92 Å². The van der Waals surface area contributed by atoms with Crippen molar-refractivity contribution in [1.29, 1.82) is 0 Å². The highest BCUT2D eigenvalue weighted by molar-refractivity contribution is 6.36. The van der Waals surface area contributed by atoms with Gasteiger partial charge in [0.25, 0.3) is 11.6 Å². The summed E-state index contributed by atoms with van der Waals surface area (Å²) < 4.78 is 15.1. The number of halogens is 2. The summed E-state index contributed by atoms with van der Waals surface area (Å²) in [5.41, 5.74) is -0.0406. The lowest BCUT2D eigenvalue weighted by molar-refractivity contribution is -0.385. The molecule has 0 atom stereocenters. The molecule has 2 aromatic rings. The van der Waals surface area contributed by atoms with Gasteiger partial charge in [-0.25, -0.2) is 4.79 Å². The molecule has 1 N–H and O–H groups in total. The number of esters is 1. The number of nitro benzene ring substituents is 1. The van der Waals surface area contributed by atoms with E-state index in [4.69, 9.17) is 32.7 Å². The monoisotopic (exact) mass is 428 g/mol. The summed E-state index contributed by atoms with van der Waals surface area (Å²) in [5.74, 6) is -0.908. The normalized spacial score (nSPS) is 11.1. The van der Waals surface area contributed by atoms with Gasteiger partial charge in [0.2, 0.25) is 0 Å².